The van der Waals surface area contributed by atoms with E-state index in [2.05, 4.69) is 5.32 Å². The van der Waals surface area contributed by atoms with Gasteiger partial charge in [-0.05, 0) is 42.7 Å². The molecule has 2 aromatic carbocycles. The van der Waals surface area contributed by atoms with Crippen LogP contribution in [0.2, 0.25) is 0 Å². The van der Waals surface area contributed by atoms with E-state index in [9.17, 15) is 14.4 Å². The Morgan fingerprint density at radius 2 is 1.79 bits per heavy atom. The Morgan fingerprint density at radius 3 is 2.52 bits per heavy atom. The monoisotopic (exact) mass is 444 g/mol. The second-order valence-corrected chi connectivity index (χ2v) is 9.17. The van der Waals surface area contributed by atoms with Gasteiger partial charge in [-0.3, -0.25) is 14.4 Å². The fourth-order valence-corrected chi connectivity index (χ4v) is 5.32. The summed E-state index contributed by atoms with van der Waals surface area (Å²) in [7, 11) is 1.97. The molecule has 33 heavy (non-hydrogen) atoms. The molecule has 0 atom stereocenters. The molecule has 3 heterocycles. The van der Waals surface area contributed by atoms with Gasteiger partial charge in [0, 0.05) is 56.3 Å². The molecule has 7 heteroatoms. The summed E-state index contributed by atoms with van der Waals surface area (Å²) >= 11 is 0. The highest BCUT2D eigenvalue weighted by atomic mass is 16.2. The van der Waals surface area contributed by atoms with E-state index in [1.54, 1.807) is 11.8 Å². The van der Waals surface area contributed by atoms with Crippen molar-refractivity contribution in [1.82, 2.24) is 14.4 Å². The maximum atomic E-state index is 13.4. The van der Waals surface area contributed by atoms with Gasteiger partial charge in [-0.1, -0.05) is 24.3 Å². The molecule has 0 radical (unpaired) electrons. The Hall–Kier alpha value is -3.61. The highest BCUT2D eigenvalue weighted by molar-refractivity contribution is 6.03. The van der Waals surface area contributed by atoms with Crippen LogP contribution >= 0.6 is 0 Å². The molecule has 170 valence electrons. The molecule has 2 aliphatic heterocycles. The van der Waals surface area contributed by atoms with Crippen LogP contribution in [0.3, 0.4) is 0 Å². The number of nitrogens with zero attached hydrogens (tertiary/aromatic N) is 3. The van der Waals surface area contributed by atoms with Crippen molar-refractivity contribution < 1.29 is 14.4 Å². The van der Waals surface area contributed by atoms with E-state index in [1.807, 2.05) is 71.2 Å². The molecule has 3 amide bonds. The van der Waals surface area contributed by atoms with Crippen LogP contribution in [-0.4, -0.2) is 50.7 Å². The summed E-state index contributed by atoms with van der Waals surface area (Å²) in [6, 6.07) is 15.5. The molecule has 7 nitrogen and oxygen atoms in total. The zero-order chi connectivity index (χ0) is 23.2. The number of fused-ring (bicyclic) bond motifs is 2. The smallest absolute Gasteiger partial charge is 0.254 e. The SMILES string of the molecule is CC(=O)N1CCC(CC(=O)Nc2cccc3c2ccn3C)(N2Cc3ccccc3C2=O)CC1. The highest BCUT2D eigenvalue weighted by Gasteiger charge is 2.47. The molecule has 5 rings (SSSR count). The number of aryl methyl sites for hydroxylation is 1. The van der Waals surface area contributed by atoms with Crippen molar-refractivity contribution in [3.8, 4) is 0 Å². The number of nitrogens with one attached hydrogen (secondary N) is 1. The number of aromatic nitrogens is 1. The summed E-state index contributed by atoms with van der Waals surface area (Å²) in [6.07, 6.45) is 3.33. The standard InChI is InChI=1S/C26H28N4O3/c1-18(31)29-14-11-26(12-15-29,30-17-19-6-3-4-7-20(19)25(30)33)16-24(32)27-22-8-5-9-23-21(22)10-13-28(23)2/h3-10,13H,11-12,14-17H2,1-2H3,(H,27,32). The molecular formula is C26H28N4O3. The summed E-state index contributed by atoms with van der Waals surface area (Å²) < 4.78 is 2.02. The van der Waals surface area contributed by atoms with Crippen molar-refractivity contribution in [1.29, 1.82) is 0 Å². The topological polar surface area (TPSA) is 74.7 Å². The predicted molar refractivity (Wildman–Crippen MR) is 127 cm³/mol. The van der Waals surface area contributed by atoms with E-state index < -0.39 is 5.54 Å². The van der Waals surface area contributed by atoms with Gasteiger partial charge in [0.05, 0.1) is 17.6 Å². The van der Waals surface area contributed by atoms with Crippen LogP contribution in [0.5, 0.6) is 0 Å². The number of piperidine rings is 1. The third-order valence-electron chi connectivity index (χ3n) is 7.23. The van der Waals surface area contributed by atoms with E-state index in [1.165, 1.54) is 0 Å². The summed E-state index contributed by atoms with van der Waals surface area (Å²) in [6.45, 7) is 3.14. The normalized spacial score (nSPS) is 17.3. The number of carbonyl (C=O) groups excluding carboxylic acids is 3. The van der Waals surface area contributed by atoms with Crippen LogP contribution in [0.25, 0.3) is 10.9 Å². The summed E-state index contributed by atoms with van der Waals surface area (Å²) in [5, 5.41) is 4.08. The molecule has 0 unspecified atom stereocenters. The fourth-order valence-electron chi connectivity index (χ4n) is 5.32. The van der Waals surface area contributed by atoms with E-state index in [0.29, 0.717) is 38.0 Å². The second kappa shape index (κ2) is 8.06. The van der Waals surface area contributed by atoms with Gasteiger partial charge >= 0.3 is 0 Å². The van der Waals surface area contributed by atoms with Gasteiger partial charge in [-0.2, -0.15) is 0 Å². The number of likely N-dealkylation sites (tertiary alicyclic amines) is 1. The Bertz CT molecular complexity index is 1250. The van der Waals surface area contributed by atoms with Crippen molar-refractivity contribution in [2.24, 2.45) is 7.05 Å². The first-order valence-electron chi connectivity index (χ1n) is 11.4. The minimum Gasteiger partial charge on any atom is -0.350 e. The number of benzene rings is 2. The quantitative estimate of drug-likeness (QED) is 0.669. The van der Waals surface area contributed by atoms with Gasteiger partial charge in [0.25, 0.3) is 5.91 Å². The van der Waals surface area contributed by atoms with Gasteiger partial charge < -0.3 is 19.7 Å². The lowest BCUT2D eigenvalue weighted by Gasteiger charge is -2.47. The van der Waals surface area contributed by atoms with Gasteiger partial charge in [-0.25, -0.2) is 0 Å². The van der Waals surface area contributed by atoms with Crippen LogP contribution < -0.4 is 5.32 Å². The highest BCUT2D eigenvalue weighted by Crippen LogP contribution is 2.39. The number of carbonyl (C=O) groups is 3. The minimum atomic E-state index is -0.628. The lowest BCUT2D eigenvalue weighted by Crippen LogP contribution is -2.57. The largest absolute Gasteiger partial charge is 0.350 e. The number of amides is 3. The van der Waals surface area contributed by atoms with E-state index in [-0.39, 0.29) is 24.1 Å². The first-order valence-corrected chi connectivity index (χ1v) is 11.4. The predicted octanol–water partition coefficient (Wildman–Crippen LogP) is 3.54. The molecule has 1 saturated heterocycles. The van der Waals surface area contributed by atoms with Crippen molar-refractivity contribution in [3.63, 3.8) is 0 Å². The first kappa shape index (κ1) is 21.2. The maximum absolute atomic E-state index is 13.4. The van der Waals surface area contributed by atoms with Crippen LogP contribution in [0.15, 0.2) is 54.7 Å². The zero-order valence-electron chi connectivity index (χ0n) is 19.0. The maximum Gasteiger partial charge on any atom is 0.254 e. The van der Waals surface area contributed by atoms with Crippen LogP contribution in [-0.2, 0) is 23.2 Å². The zero-order valence-corrected chi connectivity index (χ0v) is 19.0. The second-order valence-electron chi connectivity index (χ2n) is 9.17. The lowest BCUT2D eigenvalue weighted by molar-refractivity contribution is -0.131. The molecule has 3 aromatic rings. The minimum absolute atomic E-state index is 0.0276. The Morgan fingerprint density at radius 1 is 1.03 bits per heavy atom. The molecular weight excluding hydrogens is 416 g/mol. The number of anilines is 1. The summed E-state index contributed by atoms with van der Waals surface area (Å²) in [5.74, 6) is -0.119. The van der Waals surface area contributed by atoms with Gasteiger partial charge in [0.15, 0.2) is 0 Å². The molecule has 0 spiro atoms. The number of hydrogen-bond acceptors (Lipinski definition) is 3. The van der Waals surface area contributed by atoms with Crippen molar-refractivity contribution in [3.05, 3.63) is 65.9 Å². The molecule has 1 fully saturated rings. The van der Waals surface area contributed by atoms with Crippen LogP contribution in [0.1, 0.15) is 42.1 Å². The van der Waals surface area contributed by atoms with Gasteiger partial charge in [0.1, 0.15) is 0 Å². The number of rotatable bonds is 4. The fraction of sp³-hybridized carbons (Fsp3) is 0.346. The van der Waals surface area contributed by atoms with Crippen molar-refractivity contribution >= 4 is 34.3 Å². The Kier molecular flexibility index (Phi) is 5.19. The average Bonchev–Trinajstić information content (AvgIpc) is 3.35. The summed E-state index contributed by atoms with van der Waals surface area (Å²) in [4.78, 5) is 42.3. The van der Waals surface area contributed by atoms with Gasteiger partial charge in [-0.15, -0.1) is 0 Å². The Balaban J connectivity index is 1.42. The van der Waals surface area contributed by atoms with E-state index in [0.717, 1.165) is 22.2 Å². The van der Waals surface area contributed by atoms with Gasteiger partial charge in [0.2, 0.25) is 11.8 Å². The van der Waals surface area contributed by atoms with E-state index in [4.69, 9.17) is 0 Å². The molecule has 0 aliphatic carbocycles. The molecule has 2 aliphatic rings. The lowest BCUT2D eigenvalue weighted by atomic mass is 9.82. The third-order valence-corrected chi connectivity index (χ3v) is 7.23. The molecule has 1 N–H and O–H groups in total. The summed E-state index contributed by atoms with van der Waals surface area (Å²) in [5.41, 5.74) is 2.88. The van der Waals surface area contributed by atoms with Crippen LogP contribution in [0, 0.1) is 0 Å². The molecule has 0 bridgehead atoms. The average molecular weight is 445 g/mol. The molecule has 0 saturated carbocycles. The molecule has 1 aromatic heterocycles. The van der Waals surface area contributed by atoms with Crippen molar-refractivity contribution in [2.75, 3.05) is 18.4 Å². The third kappa shape index (κ3) is 3.67. The van der Waals surface area contributed by atoms with E-state index >= 15 is 0 Å². The van der Waals surface area contributed by atoms with Crippen molar-refractivity contribution in [2.45, 2.75) is 38.3 Å². The first-order chi connectivity index (χ1) is 15.9. The number of hydrogen-bond donors (Lipinski definition) is 1. The van der Waals surface area contributed by atoms with Crippen LogP contribution in [0.4, 0.5) is 5.69 Å². The Labute approximate surface area is 193 Å².